The van der Waals surface area contributed by atoms with Gasteiger partial charge in [0.2, 0.25) is 0 Å². The first-order chi connectivity index (χ1) is 19.8. The van der Waals surface area contributed by atoms with Gasteiger partial charge in [-0.25, -0.2) is 4.57 Å². The van der Waals surface area contributed by atoms with Crippen molar-refractivity contribution in [3.63, 3.8) is 0 Å². The van der Waals surface area contributed by atoms with E-state index in [9.17, 15) is 19.0 Å². The van der Waals surface area contributed by atoms with E-state index in [0.717, 1.165) is 32.1 Å². The molecule has 0 aromatic rings. The van der Waals surface area contributed by atoms with Crippen molar-refractivity contribution in [1.82, 2.24) is 0 Å². The van der Waals surface area contributed by atoms with E-state index in [1.807, 2.05) is 0 Å². The van der Waals surface area contributed by atoms with Gasteiger partial charge in [-0.05, 0) is 12.8 Å². The summed E-state index contributed by atoms with van der Waals surface area (Å²) in [5.74, 6) is -0.829. The summed E-state index contributed by atoms with van der Waals surface area (Å²) in [6, 6.07) is 0. The molecule has 0 radical (unpaired) electrons. The van der Waals surface area contributed by atoms with Crippen molar-refractivity contribution in [2.45, 2.75) is 161 Å². The smallest absolute Gasteiger partial charge is 0.462 e. The monoisotopic (exact) mass is 607 g/mol. The number of carbonyl (C=O) groups excluding carboxylic acids is 2. The molecule has 0 amide bonds. The van der Waals surface area contributed by atoms with Crippen LogP contribution in [0.25, 0.3) is 0 Å². The molecule has 0 saturated carbocycles. The Hall–Kier alpha value is -0.990. The van der Waals surface area contributed by atoms with Crippen molar-refractivity contribution in [3.05, 3.63) is 0 Å². The van der Waals surface area contributed by atoms with Crippen LogP contribution in [-0.2, 0) is 32.7 Å². The Morgan fingerprint density at radius 1 is 0.634 bits per heavy atom. The molecule has 0 heterocycles. The van der Waals surface area contributed by atoms with E-state index in [0.29, 0.717) is 6.42 Å². The van der Waals surface area contributed by atoms with Crippen molar-refractivity contribution in [3.8, 4) is 0 Å². The van der Waals surface area contributed by atoms with E-state index in [1.165, 1.54) is 89.9 Å². The molecule has 0 aliphatic rings. The van der Waals surface area contributed by atoms with Gasteiger partial charge in [0.15, 0.2) is 6.10 Å². The summed E-state index contributed by atoms with van der Waals surface area (Å²) < 4.78 is 32.4. The highest BCUT2D eigenvalue weighted by Crippen LogP contribution is 2.43. The normalized spacial score (nSPS) is 13.6. The zero-order chi connectivity index (χ0) is 30.4. The molecule has 0 saturated heterocycles. The first-order valence-corrected chi connectivity index (χ1v) is 18.0. The van der Waals surface area contributed by atoms with Gasteiger partial charge in [0.05, 0.1) is 13.2 Å². The quantitative estimate of drug-likeness (QED) is 0.0454. The maximum atomic E-state index is 12.4. The third kappa shape index (κ3) is 28.9. The number of carbonyl (C=O) groups is 2. The highest BCUT2D eigenvalue weighted by Gasteiger charge is 2.25. The van der Waals surface area contributed by atoms with E-state index in [2.05, 4.69) is 13.8 Å². The number of unbranched alkanes of at least 4 members (excludes halogenated alkanes) is 18. The minimum Gasteiger partial charge on any atom is -0.462 e. The molecular formula is C31H62NO8P. The molecule has 0 bridgehead atoms. The lowest BCUT2D eigenvalue weighted by Crippen LogP contribution is -2.29. The number of esters is 2. The van der Waals surface area contributed by atoms with E-state index in [1.54, 1.807) is 0 Å². The molecular weight excluding hydrogens is 545 g/mol. The molecule has 0 aliphatic carbocycles. The van der Waals surface area contributed by atoms with Crippen LogP contribution in [0.15, 0.2) is 0 Å². The van der Waals surface area contributed by atoms with E-state index >= 15 is 0 Å². The van der Waals surface area contributed by atoms with Crippen LogP contribution in [0.5, 0.6) is 0 Å². The second-order valence-corrected chi connectivity index (χ2v) is 12.5. The molecule has 2 atom stereocenters. The third-order valence-electron chi connectivity index (χ3n) is 6.99. The fourth-order valence-electron chi connectivity index (χ4n) is 4.52. The summed E-state index contributed by atoms with van der Waals surface area (Å²) in [7, 11) is -4.35. The molecule has 3 N–H and O–H groups in total. The van der Waals surface area contributed by atoms with Crippen LogP contribution in [0, 0.1) is 0 Å². The minimum atomic E-state index is -4.35. The molecule has 0 aliphatic heterocycles. The zero-order valence-corrected chi connectivity index (χ0v) is 27.2. The number of phosphoric ester groups is 1. The second-order valence-electron chi connectivity index (χ2n) is 11.0. The van der Waals surface area contributed by atoms with E-state index in [-0.39, 0.29) is 38.6 Å². The van der Waals surface area contributed by atoms with Gasteiger partial charge in [0, 0.05) is 19.4 Å². The van der Waals surface area contributed by atoms with E-state index in [4.69, 9.17) is 24.3 Å². The van der Waals surface area contributed by atoms with Crippen LogP contribution < -0.4 is 5.73 Å². The summed E-state index contributed by atoms with van der Waals surface area (Å²) in [5, 5.41) is 0. The summed E-state index contributed by atoms with van der Waals surface area (Å²) in [6.07, 6.45) is 22.9. The second kappa shape index (κ2) is 29.1. The Morgan fingerprint density at radius 3 is 1.49 bits per heavy atom. The van der Waals surface area contributed by atoms with Crippen LogP contribution in [0.3, 0.4) is 0 Å². The molecule has 0 fully saturated rings. The summed E-state index contributed by atoms with van der Waals surface area (Å²) in [6.45, 7) is 3.68. The number of rotatable bonds is 31. The molecule has 0 rings (SSSR count). The predicted molar refractivity (Wildman–Crippen MR) is 165 cm³/mol. The first-order valence-electron chi connectivity index (χ1n) is 16.5. The average Bonchev–Trinajstić information content (AvgIpc) is 2.95. The Bertz CT molecular complexity index is 664. The van der Waals surface area contributed by atoms with Crippen LogP contribution >= 0.6 is 7.82 Å². The fraction of sp³-hybridized carbons (Fsp3) is 0.935. The van der Waals surface area contributed by atoms with Crippen molar-refractivity contribution < 1.29 is 37.6 Å². The van der Waals surface area contributed by atoms with Crippen molar-refractivity contribution >= 4 is 19.8 Å². The van der Waals surface area contributed by atoms with Gasteiger partial charge in [0.25, 0.3) is 0 Å². The number of hydrogen-bond acceptors (Lipinski definition) is 8. The topological polar surface area (TPSA) is 134 Å². The highest BCUT2D eigenvalue weighted by atomic mass is 31.2. The van der Waals surface area contributed by atoms with Crippen LogP contribution in [-0.4, -0.2) is 49.3 Å². The lowest BCUT2D eigenvalue weighted by Gasteiger charge is -2.19. The summed E-state index contributed by atoms with van der Waals surface area (Å²) in [5.41, 5.74) is 5.30. The number of phosphoric acid groups is 1. The predicted octanol–water partition coefficient (Wildman–Crippen LogP) is 8.16. The lowest BCUT2D eigenvalue weighted by molar-refractivity contribution is -0.161. The minimum absolute atomic E-state index is 0.0573. The SMILES string of the molecule is CCCCCCCCCCCCCCC(=O)O[C@H](COC(=O)CCCCCCCCCC)COP(=O)(O)OCCN. The largest absolute Gasteiger partial charge is 0.472 e. The van der Waals surface area contributed by atoms with Crippen molar-refractivity contribution in [2.75, 3.05) is 26.4 Å². The van der Waals surface area contributed by atoms with Gasteiger partial charge in [-0.1, -0.05) is 129 Å². The lowest BCUT2D eigenvalue weighted by atomic mass is 10.0. The van der Waals surface area contributed by atoms with Crippen LogP contribution in [0.1, 0.15) is 155 Å². The molecule has 10 heteroatoms. The highest BCUT2D eigenvalue weighted by molar-refractivity contribution is 7.47. The van der Waals surface area contributed by atoms with Gasteiger partial charge in [-0.2, -0.15) is 0 Å². The first kappa shape index (κ1) is 40.0. The summed E-state index contributed by atoms with van der Waals surface area (Å²) in [4.78, 5) is 34.4. The third-order valence-corrected chi connectivity index (χ3v) is 7.98. The van der Waals surface area contributed by atoms with Gasteiger partial charge < -0.3 is 20.1 Å². The standard InChI is InChI=1S/C31H62NO8P/c1-3-5-7-9-11-13-14-15-16-18-20-22-24-31(34)40-29(28-39-41(35,36)38-26-25-32)27-37-30(33)23-21-19-17-12-10-8-6-4-2/h29H,3-28,32H2,1-2H3,(H,35,36)/t29-/m1/s1. The zero-order valence-electron chi connectivity index (χ0n) is 26.3. The molecule has 244 valence electrons. The Labute approximate surface area is 250 Å². The molecule has 9 nitrogen and oxygen atoms in total. The molecule has 41 heavy (non-hydrogen) atoms. The van der Waals surface area contributed by atoms with Crippen LogP contribution in [0.2, 0.25) is 0 Å². The maximum Gasteiger partial charge on any atom is 0.472 e. The fourth-order valence-corrected chi connectivity index (χ4v) is 5.28. The van der Waals surface area contributed by atoms with E-state index < -0.39 is 26.5 Å². The van der Waals surface area contributed by atoms with Gasteiger partial charge in [-0.15, -0.1) is 0 Å². The maximum absolute atomic E-state index is 12.4. The number of nitrogens with two attached hydrogens (primary N) is 1. The molecule has 0 aromatic heterocycles. The average molecular weight is 608 g/mol. The Morgan fingerprint density at radius 2 is 1.05 bits per heavy atom. The molecule has 1 unspecified atom stereocenters. The summed E-state index contributed by atoms with van der Waals surface area (Å²) >= 11 is 0. The van der Waals surface area contributed by atoms with Crippen molar-refractivity contribution in [1.29, 1.82) is 0 Å². The number of ether oxygens (including phenoxy) is 2. The Kier molecular flexibility index (Phi) is 28.4. The van der Waals surface area contributed by atoms with Gasteiger partial charge in [-0.3, -0.25) is 18.6 Å². The van der Waals surface area contributed by atoms with Crippen molar-refractivity contribution in [2.24, 2.45) is 5.73 Å². The molecule has 0 spiro atoms. The number of hydrogen-bond donors (Lipinski definition) is 2. The van der Waals surface area contributed by atoms with Gasteiger partial charge in [0.1, 0.15) is 6.61 Å². The van der Waals surface area contributed by atoms with Crippen LogP contribution in [0.4, 0.5) is 0 Å². The molecule has 0 aromatic carbocycles. The Balaban J connectivity index is 4.27. The van der Waals surface area contributed by atoms with Gasteiger partial charge >= 0.3 is 19.8 Å².